The first kappa shape index (κ1) is 17.0. The van der Waals surface area contributed by atoms with Crippen molar-refractivity contribution >= 4 is 11.9 Å². The van der Waals surface area contributed by atoms with Gasteiger partial charge in [0.25, 0.3) is 0 Å². The predicted octanol–water partition coefficient (Wildman–Crippen LogP) is -0.172. The summed E-state index contributed by atoms with van der Waals surface area (Å²) in [4.78, 5) is 29.7. The average Bonchev–Trinajstić information content (AvgIpc) is 2.55. The molecule has 2 rings (SSSR count). The number of ether oxygens (including phenoxy) is 1. The maximum Gasteiger partial charge on any atom is 0.319 e. The molecule has 0 unspecified atom stereocenters. The van der Waals surface area contributed by atoms with Crippen LogP contribution < -0.4 is 5.32 Å². The van der Waals surface area contributed by atoms with E-state index in [9.17, 15) is 9.59 Å². The van der Waals surface area contributed by atoms with Crippen molar-refractivity contribution in [1.82, 2.24) is 20.0 Å². The fraction of sp³-hybridized carbons (Fsp3) is 0.867. The lowest BCUT2D eigenvalue weighted by Crippen LogP contribution is -2.47. The molecule has 2 aliphatic heterocycles. The molecular weight excluding hydrogens is 284 g/mol. The number of rotatable bonds is 4. The number of amides is 3. The van der Waals surface area contributed by atoms with Crippen LogP contribution in [-0.2, 0) is 9.53 Å². The molecule has 22 heavy (non-hydrogen) atoms. The summed E-state index contributed by atoms with van der Waals surface area (Å²) >= 11 is 0. The molecule has 7 nitrogen and oxygen atoms in total. The third kappa shape index (κ3) is 4.84. The van der Waals surface area contributed by atoms with Crippen LogP contribution in [0, 0.1) is 5.92 Å². The van der Waals surface area contributed by atoms with E-state index in [4.69, 9.17) is 4.74 Å². The average molecular weight is 312 g/mol. The smallest absolute Gasteiger partial charge is 0.319 e. The van der Waals surface area contributed by atoms with Gasteiger partial charge < -0.3 is 19.9 Å². The van der Waals surface area contributed by atoms with Crippen LogP contribution in [0.15, 0.2) is 0 Å². The van der Waals surface area contributed by atoms with E-state index in [-0.39, 0.29) is 17.9 Å². The molecule has 0 atom stereocenters. The summed E-state index contributed by atoms with van der Waals surface area (Å²) in [6.07, 6.45) is 1.51. The monoisotopic (exact) mass is 312 g/mol. The minimum absolute atomic E-state index is 0.0335. The molecule has 2 heterocycles. The molecule has 0 spiro atoms. The first-order valence-corrected chi connectivity index (χ1v) is 8.12. The highest BCUT2D eigenvalue weighted by Gasteiger charge is 2.27. The summed E-state index contributed by atoms with van der Waals surface area (Å²) in [5, 5.41) is 3.03. The second-order valence-electron chi connectivity index (χ2n) is 6.18. The Morgan fingerprint density at radius 1 is 1.14 bits per heavy atom. The van der Waals surface area contributed by atoms with Crippen LogP contribution in [0.4, 0.5) is 4.79 Å². The highest BCUT2D eigenvalue weighted by atomic mass is 16.5. The number of morpholine rings is 1. The molecule has 0 aliphatic carbocycles. The van der Waals surface area contributed by atoms with Crippen molar-refractivity contribution in [2.24, 2.45) is 5.92 Å². The molecule has 0 radical (unpaired) electrons. The van der Waals surface area contributed by atoms with Gasteiger partial charge in [0.15, 0.2) is 0 Å². The van der Waals surface area contributed by atoms with Crippen molar-refractivity contribution in [2.75, 3.05) is 66.6 Å². The maximum absolute atomic E-state index is 12.2. The minimum Gasteiger partial charge on any atom is -0.379 e. The molecule has 0 aromatic rings. The number of hydrogen-bond donors (Lipinski definition) is 1. The summed E-state index contributed by atoms with van der Waals surface area (Å²) < 4.78 is 5.30. The Morgan fingerprint density at radius 2 is 1.77 bits per heavy atom. The Labute approximate surface area is 132 Å². The van der Waals surface area contributed by atoms with Crippen LogP contribution in [0.2, 0.25) is 0 Å². The zero-order chi connectivity index (χ0) is 15.9. The van der Waals surface area contributed by atoms with Gasteiger partial charge in [-0.05, 0) is 12.8 Å². The Balaban J connectivity index is 1.63. The molecule has 0 bridgehead atoms. The maximum atomic E-state index is 12.2. The molecule has 2 saturated heterocycles. The number of likely N-dealkylation sites (tertiary alicyclic amines) is 1. The van der Waals surface area contributed by atoms with E-state index in [2.05, 4.69) is 10.2 Å². The zero-order valence-corrected chi connectivity index (χ0v) is 13.7. The van der Waals surface area contributed by atoms with E-state index >= 15 is 0 Å². The molecule has 7 heteroatoms. The second kappa shape index (κ2) is 8.33. The Hall–Kier alpha value is -1.34. The van der Waals surface area contributed by atoms with Crippen LogP contribution in [0.5, 0.6) is 0 Å². The van der Waals surface area contributed by atoms with Gasteiger partial charge in [-0.1, -0.05) is 0 Å². The molecule has 0 aromatic carbocycles. The molecule has 0 aromatic heterocycles. The molecule has 1 N–H and O–H groups in total. The summed E-state index contributed by atoms with van der Waals surface area (Å²) in [6.45, 7) is 6.36. The first-order chi connectivity index (χ1) is 10.6. The summed E-state index contributed by atoms with van der Waals surface area (Å²) in [5.74, 6) is 0.168. The number of nitrogens with one attached hydrogen (secondary N) is 1. The highest BCUT2D eigenvalue weighted by Crippen LogP contribution is 2.18. The van der Waals surface area contributed by atoms with E-state index in [0.717, 1.165) is 45.7 Å². The van der Waals surface area contributed by atoms with E-state index < -0.39 is 0 Å². The lowest BCUT2D eigenvalue weighted by Gasteiger charge is -2.33. The van der Waals surface area contributed by atoms with Crippen LogP contribution >= 0.6 is 0 Å². The van der Waals surface area contributed by atoms with Crippen molar-refractivity contribution in [3.05, 3.63) is 0 Å². The second-order valence-corrected chi connectivity index (χ2v) is 6.18. The van der Waals surface area contributed by atoms with Crippen molar-refractivity contribution in [3.63, 3.8) is 0 Å². The molecule has 2 aliphatic rings. The number of hydrogen-bond acceptors (Lipinski definition) is 4. The number of carbonyl (C=O) groups is 2. The van der Waals surface area contributed by atoms with E-state index in [1.54, 1.807) is 19.0 Å². The molecule has 126 valence electrons. The molecule has 0 saturated carbocycles. The predicted molar refractivity (Wildman–Crippen MR) is 83.6 cm³/mol. The summed E-state index contributed by atoms with van der Waals surface area (Å²) in [7, 11) is 3.51. The van der Waals surface area contributed by atoms with Crippen LogP contribution in [0.3, 0.4) is 0 Å². The van der Waals surface area contributed by atoms with Gasteiger partial charge in [-0.3, -0.25) is 9.69 Å². The van der Waals surface area contributed by atoms with Gasteiger partial charge in [-0.2, -0.15) is 0 Å². The van der Waals surface area contributed by atoms with E-state index in [1.807, 2.05) is 4.90 Å². The Morgan fingerprint density at radius 3 is 2.36 bits per heavy atom. The SMILES string of the molecule is CN(C)C(=O)N1CCC(C(=O)NCCN2CCOCC2)CC1. The number of piperidine rings is 1. The highest BCUT2D eigenvalue weighted by molar-refractivity contribution is 5.79. The first-order valence-electron chi connectivity index (χ1n) is 8.12. The van der Waals surface area contributed by atoms with Gasteiger partial charge in [0, 0.05) is 59.3 Å². The van der Waals surface area contributed by atoms with E-state index in [1.165, 1.54) is 0 Å². The van der Waals surface area contributed by atoms with Crippen LogP contribution in [0.1, 0.15) is 12.8 Å². The van der Waals surface area contributed by atoms with Gasteiger partial charge in [0.2, 0.25) is 5.91 Å². The third-order valence-electron chi connectivity index (χ3n) is 4.35. The Kier molecular flexibility index (Phi) is 6.45. The van der Waals surface area contributed by atoms with Gasteiger partial charge in [0.1, 0.15) is 0 Å². The van der Waals surface area contributed by atoms with Crippen LogP contribution in [0.25, 0.3) is 0 Å². The molecular formula is C15H28N4O3. The van der Waals surface area contributed by atoms with E-state index in [0.29, 0.717) is 19.6 Å². The normalized spacial score (nSPS) is 20.7. The Bertz CT molecular complexity index is 375. The molecule has 3 amide bonds. The topological polar surface area (TPSA) is 65.1 Å². The lowest BCUT2D eigenvalue weighted by molar-refractivity contribution is -0.126. The summed E-state index contributed by atoms with van der Waals surface area (Å²) in [6, 6.07) is 0.0335. The standard InChI is InChI=1S/C15H28N4O3/c1-17(2)15(21)19-6-3-13(4-7-19)14(20)16-5-8-18-9-11-22-12-10-18/h13H,3-12H2,1-2H3,(H,16,20). The van der Waals surface area contributed by atoms with Gasteiger partial charge in [0.05, 0.1) is 13.2 Å². The quantitative estimate of drug-likeness (QED) is 0.783. The van der Waals surface area contributed by atoms with Gasteiger partial charge in [-0.15, -0.1) is 0 Å². The van der Waals surface area contributed by atoms with Crippen molar-refractivity contribution in [3.8, 4) is 0 Å². The minimum atomic E-state index is 0.0335. The molecule has 2 fully saturated rings. The number of nitrogens with zero attached hydrogens (tertiary/aromatic N) is 3. The van der Waals surface area contributed by atoms with Crippen molar-refractivity contribution in [2.45, 2.75) is 12.8 Å². The van der Waals surface area contributed by atoms with Gasteiger partial charge in [-0.25, -0.2) is 4.79 Å². The zero-order valence-electron chi connectivity index (χ0n) is 13.7. The van der Waals surface area contributed by atoms with Crippen molar-refractivity contribution < 1.29 is 14.3 Å². The van der Waals surface area contributed by atoms with Gasteiger partial charge >= 0.3 is 6.03 Å². The number of urea groups is 1. The van der Waals surface area contributed by atoms with Crippen LogP contribution in [-0.4, -0.2) is 93.2 Å². The largest absolute Gasteiger partial charge is 0.379 e. The number of carbonyl (C=O) groups excluding carboxylic acids is 2. The fourth-order valence-electron chi connectivity index (χ4n) is 2.92. The third-order valence-corrected chi connectivity index (χ3v) is 4.35. The lowest BCUT2D eigenvalue weighted by atomic mass is 9.96. The summed E-state index contributed by atoms with van der Waals surface area (Å²) in [5.41, 5.74) is 0. The fourth-order valence-corrected chi connectivity index (χ4v) is 2.92. The van der Waals surface area contributed by atoms with Crippen molar-refractivity contribution in [1.29, 1.82) is 0 Å².